The number of carboxylic acid groups (broad SMARTS) is 1. The van der Waals surface area contributed by atoms with Gasteiger partial charge < -0.3 is 9.84 Å². The minimum atomic E-state index is -1.06. The van der Waals surface area contributed by atoms with E-state index in [0.29, 0.717) is 10.9 Å². The normalized spacial score (nSPS) is 9.82. The zero-order chi connectivity index (χ0) is 12.3. The summed E-state index contributed by atoms with van der Waals surface area (Å²) >= 11 is 0. The highest BCUT2D eigenvalue weighted by Gasteiger charge is 2.16. The molecule has 2 rings (SSSR count). The van der Waals surface area contributed by atoms with Crippen molar-refractivity contribution in [3.63, 3.8) is 0 Å². The van der Waals surface area contributed by atoms with E-state index < -0.39 is 5.97 Å². The Morgan fingerprint density at radius 3 is 2.94 bits per heavy atom. The van der Waals surface area contributed by atoms with Crippen LogP contribution in [0.2, 0.25) is 0 Å². The van der Waals surface area contributed by atoms with Crippen LogP contribution in [0.15, 0.2) is 30.5 Å². The van der Waals surface area contributed by atoms with Gasteiger partial charge in [0.2, 0.25) is 0 Å². The van der Waals surface area contributed by atoms with Gasteiger partial charge in [0.15, 0.2) is 5.75 Å². The topological polar surface area (TPSA) is 59.4 Å². The van der Waals surface area contributed by atoms with Crippen LogP contribution in [0.25, 0.3) is 10.9 Å². The van der Waals surface area contributed by atoms with Crippen molar-refractivity contribution < 1.29 is 14.6 Å². The molecule has 4 nitrogen and oxygen atoms in total. The fourth-order valence-corrected chi connectivity index (χ4v) is 1.57. The van der Waals surface area contributed by atoms with Gasteiger partial charge in [-0.05, 0) is 6.07 Å². The van der Waals surface area contributed by atoms with Crippen LogP contribution in [0.5, 0.6) is 5.75 Å². The third-order valence-corrected chi connectivity index (χ3v) is 2.27. The summed E-state index contributed by atoms with van der Waals surface area (Å²) in [7, 11) is 0. The zero-order valence-electron chi connectivity index (χ0n) is 8.88. The lowest BCUT2D eigenvalue weighted by atomic mass is 10.1. The smallest absolute Gasteiger partial charge is 0.340 e. The van der Waals surface area contributed by atoms with Gasteiger partial charge in [-0.1, -0.05) is 24.1 Å². The van der Waals surface area contributed by atoms with Gasteiger partial charge in [0.1, 0.15) is 12.2 Å². The first-order valence-corrected chi connectivity index (χ1v) is 4.91. The molecule has 1 heterocycles. The number of fused-ring (bicyclic) bond motifs is 1. The van der Waals surface area contributed by atoms with Gasteiger partial charge in [0, 0.05) is 5.39 Å². The zero-order valence-corrected chi connectivity index (χ0v) is 8.88. The number of terminal acetylenes is 1. The van der Waals surface area contributed by atoms with E-state index in [1.165, 1.54) is 6.20 Å². The molecule has 1 aromatic heterocycles. The molecule has 0 saturated heterocycles. The van der Waals surface area contributed by atoms with Crippen LogP contribution in [0.4, 0.5) is 0 Å². The highest BCUT2D eigenvalue weighted by Crippen LogP contribution is 2.25. The van der Waals surface area contributed by atoms with Crippen LogP contribution >= 0.6 is 0 Å². The first-order valence-electron chi connectivity index (χ1n) is 4.91. The summed E-state index contributed by atoms with van der Waals surface area (Å²) in [5, 5.41) is 9.74. The quantitative estimate of drug-likeness (QED) is 0.814. The van der Waals surface area contributed by atoms with Crippen molar-refractivity contribution in [1.29, 1.82) is 0 Å². The van der Waals surface area contributed by atoms with Crippen LogP contribution in [0.3, 0.4) is 0 Å². The predicted octanol–water partition coefficient (Wildman–Crippen LogP) is 1.95. The Balaban J connectivity index is 2.65. The molecule has 2 aromatic rings. The number of pyridine rings is 1. The number of rotatable bonds is 3. The van der Waals surface area contributed by atoms with Crippen LogP contribution in [-0.4, -0.2) is 22.7 Å². The second kappa shape index (κ2) is 4.54. The molecular weight excluding hydrogens is 218 g/mol. The molecule has 0 aliphatic carbocycles. The molecule has 0 amide bonds. The second-order valence-corrected chi connectivity index (χ2v) is 3.31. The summed E-state index contributed by atoms with van der Waals surface area (Å²) in [5.41, 5.74) is 0.698. The van der Waals surface area contributed by atoms with Gasteiger partial charge in [-0.25, -0.2) is 4.79 Å². The molecule has 0 unspecified atom stereocenters. The molecule has 0 fully saturated rings. The van der Waals surface area contributed by atoms with Gasteiger partial charge in [-0.2, -0.15) is 0 Å². The molecular formula is C13H9NO3. The molecule has 0 aliphatic heterocycles. The number of ether oxygens (including phenoxy) is 1. The Bertz CT molecular complexity index is 614. The van der Waals surface area contributed by atoms with E-state index in [9.17, 15) is 9.90 Å². The first-order chi connectivity index (χ1) is 8.24. The molecule has 1 aromatic carbocycles. The molecule has 0 spiro atoms. The van der Waals surface area contributed by atoms with Gasteiger partial charge in [-0.15, -0.1) is 6.42 Å². The number of benzene rings is 1. The lowest BCUT2D eigenvalue weighted by Gasteiger charge is -2.08. The summed E-state index contributed by atoms with van der Waals surface area (Å²) in [4.78, 5) is 15.4. The van der Waals surface area contributed by atoms with Crippen molar-refractivity contribution in [1.82, 2.24) is 4.98 Å². The van der Waals surface area contributed by atoms with Crippen LogP contribution in [0, 0.1) is 12.3 Å². The van der Waals surface area contributed by atoms with E-state index in [0.717, 1.165) is 0 Å². The first kappa shape index (κ1) is 11.0. The number of aromatic carboxylic acids is 1. The maximum Gasteiger partial charge on any atom is 0.340 e. The third-order valence-electron chi connectivity index (χ3n) is 2.27. The number of carbonyl (C=O) groups is 1. The number of nitrogens with zero attached hydrogens (tertiary/aromatic N) is 1. The van der Waals surface area contributed by atoms with Gasteiger partial charge in [0.25, 0.3) is 0 Å². The molecule has 84 valence electrons. The Labute approximate surface area is 97.9 Å². The largest absolute Gasteiger partial charge is 0.478 e. The fraction of sp³-hybridized carbons (Fsp3) is 0.0769. The molecule has 17 heavy (non-hydrogen) atoms. The highest BCUT2D eigenvalue weighted by atomic mass is 16.5. The van der Waals surface area contributed by atoms with Crippen molar-refractivity contribution >= 4 is 16.9 Å². The Morgan fingerprint density at radius 2 is 2.24 bits per heavy atom. The van der Waals surface area contributed by atoms with Crippen molar-refractivity contribution in [3.8, 4) is 18.1 Å². The molecule has 4 heteroatoms. The minimum Gasteiger partial charge on any atom is -0.478 e. The summed E-state index contributed by atoms with van der Waals surface area (Å²) < 4.78 is 5.18. The van der Waals surface area contributed by atoms with Gasteiger partial charge in [0.05, 0.1) is 11.7 Å². The van der Waals surface area contributed by atoms with Crippen molar-refractivity contribution in [3.05, 3.63) is 36.0 Å². The molecule has 0 atom stereocenters. The maximum atomic E-state index is 11.2. The number of hydrogen-bond acceptors (Lipinski definition) is 3. The predicted molar refractivity (Wildman–Crippen MR) is 63.0 cm³/mol. The summed E-state index contributed by atoms with van der Waals surface area (Å²) in [6, 6.07) is 6.98. The molecule has 0 radical (unpaired) electrons. The Kier molecular flexibility index (Phi) is 2.93. The molecule has 0 aliphatic rings. The second-order valence-electron chi connectivity index (χ2n) is 3.31. The Hall–Kier alpha value is -2.54. The van der Waals surface area contributed by atoms with Crippen LogP contribution in [-0.2, 0) is 0 Å². The fourth-order valence-electron chi connectivity index (χ4n) is 1.57. The van der Waals surface area contributed by atoms with Gasteiger partial charge >= 0.3 is 5.97 Å². The van der Waals surface area contributed by atoms with Crippen LogP contribution < -0.4 is 4.74 Å². The van der Waals surface area contributed by atoms with Crippen LogP contribution in [0.1, 0.15) is 10.4 Å². The van der Waals surface area contributed by atoms with E-state index in [1.54, 1.807) is 24.3 Å². The Morgan fingerprint density at radius 1 is 1.47 bits per heavy atom. The number of para-hydroxylation sites is 1. The SMILES string of the molecule is C#CCOc1cnc2ccccc2c1C(=O)O. The summed E-state index contributed by atoms with van der Waals surface area (Å²) in [5.74, 6) is 1.42. The molecule has 0 saturated carbocycles. The highest BCUT2D eigenvalue weighted by molar-refractivity contribution is 6.04. The minimum absolute atomic E-state index is 0.0142. The van der Waals surface area contributed by atoms with Crippen molar-refractivity contribution in [2.75, 3.05) is 6.61 Å². The standard InChI is InChI=1S/C13H9NO3/c1-2-7-17-11-8-14-10-6-4-3-5-9(10)12(11)13(15)16/h1,3-6,8H,7H2,(H,15,16). The van der Waals surface area contributed by atoms with E-state index in [4.69, 9.17) is 11.2 Å². The number of hydrogen-bond donors (Lipinski definition) is 1. The monoisotopic (exact) mass is 227 g/mol. The number of aromatic nitrogens is 1. The third kappa shape index (κ3) is 2.04. The molecule has 1 N–H and O–H groups in total. The van der Waals surface area contributed by atoms with Crippen molar-refractivity contribution in [2.45, 2.75) is 0 Å². The number of carboxylic acids is 1. The summed E-state index contributed by atoms with van der Waals surface area (Å²) in [6.45, 7) is 0.0142. The maximum absolute atomic E-state index is 11.2. The van der Waals surface area contributed by atoms with E-state index in [-0.39, 0.29) is 17.9 Å². The van der Waals surface area contributed by atoms with Gasteiger partial charge in [-0.3, -0.25) is 4.98 Å². The molecule has 0 bridgehead atoms. The summed E-state index contributed by atoms with van der Waals surface area (Å²) in [6.07, 6.45) is 6.45. The average molecular weight is 227 g/mol. The van der Waals surface area contributed by atoms with E-state index in [1.807, 2.05) is 0 Å². The lowest BCUT2D eigenvalue weighted by Crippen LogP contribution is -2.05. The van der Waals surface area contributed by atoms with E-state index >= 15 is 0 Å². The van der Waals surface area contributed by atoms with E-state index in [2.05, 4.69) is 10.9 Å². The lowest BCUT2D eigenvalue weighted by molar-refractivity contribution is 0.0695. The van der Waals surface area contributed by atoms with Crippen molar-refractivity contribution in [2.24, 2.45) is 0 Å². The average Bonchev–Trinajstić information content (AvgIpc) is 2.35.